The number of imide groups is 1. The standard InChI is InChI=1S/C7H7NO4/c1-3-5-6(10)12-7(11)8(5)4(2)9/h3H,1-2H3/b5-3-. The van der Waals surface area contributed by atoms with E-state index in [-0.39, 0.29) is 5.70 Å². The Hall–Kier alpha value is -1.65. The summed E-state index contributed by atoms with van der Waals surface area (Å²) < 4.78 is 4.20. The van der Waals surface area contributed by atoms with Crippen LogP contribution in [0.15, 0.2) is 11.8 Å². The summed E-state index contributed by atoms with van der Waals surface area (Å²) in [4.78, 5) is 33.1. The van der Waals surface area contributed by atoms with Crippen molar-refractivity contribution in [3.63, 3.8) is 0 Å². The Morgan fingerprint density at radius 3 is 2.42 bits per heavy atom. The van der Waals surface area contributed by atoms with Crippen LogP contribution in [0.2, 0.25) is 0 Å². The maximum Gasteiger partial charge on any atom is 0.429 e. The molecule has 0 spiro atoms. The SMILES string of the molecule is C/C=C1/C(=O)OC(=O)N1C(C)=O. The Balaban J connectivity index is 3.06. The molecule has 0 saturated carbocycles. The average Bonchev–Trinajstić information content (AvgIpc) is 2.24. The predicted molar refractivity (Wildman–Crippen MR) is 37.8 cm³/mol. The van der Waals surface area contributed by atoms with Crippen molar-refractivity contribution in [2.24, 2.45) is 0 Å². The van der Waals surface area contributed by atoms with E-state index in [9.17, 15) is 14.4 Å². The number of ether oxygens (including phenoxy) is 1. The van der Waals surface area contributed by atoms with Gasteiger partial charge in [-0.2, -0.15) is 0 Å². The van der Waals surface area contributed by atoms with Crippen molar-refractivity contribution in [2.45, 2.75) is 13.8 Å². The van der Waals surface area contributed by atoms with E-state index in [0.717, 1.165) is 0 Å². The third-order valence-corrected chi connectivity index (χ3v) is 1.40. The van der Waals surface area contributed by atoms with Crippen molar-refractivity contribution in [2.75, 3.05) is 0 Å². The van der Waals surface area contributed by atoms with Crippen LogP contribution in [-0.2, 0) is 14.3 Å². The molecule has 0 bridgehead atoms. The van der Waals surface area contributed by atoms with Crippen molar-refractivity contribution < 1.29 is 19.1 Å². The summed E-state index contributed by atoms with van der Waals surface area (Å²) in [5, 5.41) is 0. The monoisotopic (exact) mass is 169 g/mol. The molecule has 0 atom stereocenters. The molecule has 0 aromatic rings. The summed E-state index contributed by atoms with van der Waals surface area (Å²) in [6, 6.07) is 0. The molecule has 5 nitrogen and oxygen atoms in total. The van der Waals surface area contributed by atoms with Crippen LogP contribution in [0.5, 0.6) is 0 Å². The van der Waals surface area contributed by atoms with E-state index in [4.69, 9.17) is 0 Å². The first-order chi connectivity index (χ1) is 5.57. The molecule has 0 unspecified atom stereocenters. The maximum atomic E-state index is 10.8. The zero-order valence-electron chi connectivity index (χ0n) is 6.66. The molecule has 12 heavy (non-hydrogen) atoms. The number of hydrogen-bond acceptors (Lipinski definition) is 4. The van der Waals surface area contributed by atoms with Gasteiger partial charge in [-0.1, -0.05) is 6.08 Å². The summed E-state index contributed by atoms with van der Waals surface area (Å²) in [7, 11) is 0. The van der Waals surface area contributed by atoms with Gasteiger partial charge in [-0.25, -0.2) is 14.5 Å². The molecular formula is C7H7NO4. The normalized spacial score (nSPS) is 20.2. The topological polar surface area (TPSA) is 63.7 Å². The highest BCUT2D eigenvalue weighted by Crippen LogP contribution is 2.16. The van der Waals surface area contributed by atoms with Gasteiger partial charge < -0.3 is 4.74 Å². The van der Waals surface area contributed by atoms with Gasteiger partial charge in [-0.3, -0.25) is 4.79 Å². The smallest absolute Gasteiger partial charge is 0.371 e. The fraction of sp³-hybridized carbons (Fsp3) is 0.286. The lowest BCUT2D eigenvalue weighted by atomic mass is 10.4. The summed E-state index contributed by atoms with van der Waals surface area (Å²) >= 11 is 0. The van der Waals surface area contributed by atoms with E-state index in [1.807, 2.05) is 0 Å². The van der Waals surface area contributed by atoms with Gasteiger partial charge in [0.2, 0.25) is 5.91 Å². The molecule has 1 saturated heterocycles. The fourth-order valence-electron chi connectivity index (χ4n) is 0.912. The number of allylic oxidation sites excluding steroid dienone is 1. The van der Waals surface area contributed by atoms with Crippen LogP contribution in [0, 0.1) is 0 Å². The number of hydrogen-bond donors (Lipinski definition) is 0. The Morgan fingerprint density at radius 2 is 2.08 bits per heavy atom. The third kappa shape index (κ3) is 1.09. The Labute approximate surface area is 68.6 Å². The second-order valence-electron chi connectivity index (χ2n) is 2.18. The molecule has 1 heterocycles. The molecule has 0 radical (unpaired) electrons. The summed E-state index contributed by atoms with van der Waals surface area (Å²) in [6.07, 6.45) is 0.426. The van der Waals surface area contributed by atoms with E-state index < -0.39 is 18.0 Å². The van der Waals surface area contributed by atoms with Crippen LogP contribution in [0.4, 0.5) is 4.79 Å². The first-order valence-electron chi connectivity index (χ1n) is 3.31. The van der Waals surface area contributed by atoms with Gasteiger partial charge in [-0.15, -0.1) is 0 Å². The number of rotatable bonds is 0. The summed E-state index contributed by atoms with van der Waals surface area (Å²) in [6.45, 7) is 2.73. The van der Waals surface area contributed by atoms with E-state index in [1.54, 1.807) is 6.92 Å². The van der Waals surface area contributed by atoms with Crippen LogP contribution in [0.25, 0.3) is 0 Å². The molecule has 1 aliphatic heterocycles. The molecule has 1 fully saturated rings. The number of nitrogens with zero attached hydrogens (tertiary/aromatic N) is 1. The highest BCUT2D eigenvalue weighted by Gasteiger charge is 2.38. The molecule has 1 aliphatic rings. The van der Waals surface area contributed by atoms with Gasteiger partial charge in [0.1, 0.15) is 5.70 Å². The summed E-state index contributed by atoms with van der Waals surface area (Å²) in [5.41, 5.74) is -0.0208. The molecule has 0 aliphatic carbocycles. The van der Waals surface area contributed by atoms with Crippen LogP contribution >= 0.6 is 0 Å². The minimum atomic E-state index is -0.930. The number of carbonyl (C=O) groups excluding carboxylic acids is 3. The highest BCUT2D eigenvalue weighted by atomic mass is 16.6. The van der Waals surface area contributed by atoms with E-state index in [2.05, 4.69) is 4.74 Å². The number of esters is 1. The maximum absolute atomic E-state index is 10.8. The van der Waals surface area contributed by atoms with Gasteiger partial charge in [0, 0.05) is 6.92 Å². The second kappa shape index (κ2) is 2.77. The Kier molecular flexibility index (Phi) is 1.95. The van der Waals surface area contributed by atoms with Crippen molar-refractivity contribution in [1.29, 1.82) is 0 Å². The minimum absolute atomic E-state index is 0.0208. The zero-order chi connectivity index (χ0) is 9.30. The molecule has 64 valence electrons. The molecule has 5 heteroatoms. The quantitative estimate of drug-likeness (QED) is 0.299. The van der Waals surface area contributed by atoms with Crippen LogP contribution in [0.1, 0.15) is 13.8 Å². The fourth-order valence-corrected chi connectivity index (χ4v) is 0.912. The molecular weight excluding hydrogens is 162 g/mol. The van der Waals surface area contributed by atoms with E-state index >= 15 is 0 Å². The lowest BCUT2D eigenvalue weighted by Crippen LogP contribution is -2.27. The van der Waals surface area contributed by atoms with Gasteiger partial charge in [0.05, 0.1) is 0 Å². The lowest BCUT2D eigenvalue weighted by Gasteiger charge is -2.05. The predicted octanol–water partition coefficient (Wildman–Crippen LogP) is 0.416. The number of cyclic esters (lactones) is 2. The van der Waals surface area contributed by atoms with Crippen molar-refractivity contribution >= 4 is 18.0 Å². The average molecular weight is 169 g/mol. The van der Waals surface area contributed by atoms with Crippen molar-refractivity contribution in [1.82, 2.24) is 4.90 Å². The molecule has 0 aromatic carbocycles. The summed E-state index contributed by atoms with van der Waals surface area (Å²) in [5.74, 6) is -1.31. The Bertz CT molecular complexity index is 292. The highest BCUT2D eigenvalue weighted by molar-refractivity contribution is 6.11. The van der Waals surface area contributed by atoms with Crippen LogP contribution in [0.3, 0.4) is 0 Å². The lowest BCUT2D eigenvalue weighted by molar-refractivity contribution is -0.131. The van der Waals surface area contributed by atoms with E-state index in [0.29, 0.717) is 4.90 Å². The van der Waals surface area contributed by atoms with Crippen molar-refractivity contribution in [3.8, 4) is 0 Å². The third-order valence-electron chi connectivity index (χ3n) is 1.40. The Morgan fingerprint density at radius 1 is 1.50 bits per heavy atom. The van der Waals surface area contributed by atoms with E-state index in [1.165, 1.54) is 13.0 Å². The van der Waals surface area contributed by atoms with Gasteiger partial charge in [-0.05, 0) is 6.92 Å². The zero-order valence-corrected chi connectivity index (χ0v) is 6.66. The van der Waals surface area contributed by atoms with Crippen LogP contribution in [-0.4, -0.2) is 22.9 Å². The van der Waals surface area contributed by atoms with Gasteiger partial charge in [0.25, 0.3) is 0 Å². The second-order valence-corrected chi connectivity index (χ2v) is 2.18. The first kappa shape index (κ1) is 8.45. The molecule has 0 aromatic heterocycles. The minimum Gasteiger partial charge on any atom is -0.371 e. The molecule has 0 N–H and O–H groups in total. The number of carbonyl (C=O) groups is 3. The largest absolute Gasteiger partial charge is 0.429 e. The van der Waals surface area contributed by atoms with Gasteiger partial charge >= 0.3 is 12.1 Å². The molecule has 2 amide bonds. The van der Waals surface area contributed by atoms with Gasteiger partial charge in [0.15, 0.2) is 0 Å². The molecule has 1 rings (SSSR count). The first-order valence-corrected chi connectivity index (χ1v) is 3.31. The number of amides is 2. The van der Waals surface area contributed by atoms with Crippen LogP contribution < -0.4 is 0 Å². The van der Waals surface area contributed by atoms with Crippen molar-refractivity contribution in [3.05, 3.63) is 11.8 Å².